The summed E-state index contributed by atoms with van der Waals surface area (Å²) in [6, 6.07) is 93.5. The van der Waals surface area contributed by atoms with Gasteiger partial charge in [0.15, 0.2) is 0 Å². The van der Waals surface area contributed by atoms with Crippen LogP contribution in [0.5, 0.6) is 0 Å². The Balaban J connectivity index is 0.000000120. The molecule has 0 aliphatic carbocycles. The van der Waals surface area contributed by atoms with E-state index in [2.05, 4.69) is 251 Å². The van der Waals surface area contributed by atoms with Gasteiger partial charge in [0.1, 0.15) is 28.7 Å². The van der Waals surface area contributed by atoms with Crippen molar-refractivity contribution in [3.05, 3.63) is 284 Å². The van der Waals surface area contributed by atoms with Crippen LogP contribution in [0.25, 0.3) is 149 Å². The van der Waals surface area contributed by atoms with Crippen molar-refractivity contribution in [1.82, 2.24) is 28.7 Å². The summed E-state index contributed by atoms with van der Waals surface area (Å²) >= 11 is 3.70. The maximum Gasteiger partial charge on any atom is 0.137 e. The standard InChI is InChI=1S/C37H23N3O.C30H18BrNO.C7H6N2/c1-2-9-26(10-3-1)40-31-13-6-4-11-27(31)28-21-24(17-19-32(28)40)25-18-20-35-29(22-25)37-34(15-8-16-36(37)41-35)39-23-38-30-12-5-7-14-33(30)39;31-25-10-6-12-29-30(25)24-18-20(14-16-28(24)33-29)19-13-15-27-23(17-19)22-9-4-5-11-26(22)32(27)21-7-2-1-3-8-21;1-2-4-7-6(3-1)8-5-9-7/h1-23H;1-18H;1-5H,(H,8,9). The van der Waals surface area contributed by atoms with Gasteiger partial charge in [-0.1, -0.05) is 149 Å². The van der Waals surface area contributed by atoms with E-state index in [9.17, 15) is 0 Å². The molecular formula is C74H47BrN6O2. The summed E-state index contributed by atoms with van der Waals surface area (Å²) < 4.78 is 20.3. The zero-order valence-electron chi connectivity index (χ0n) is 44.5. The van der Waals surface area contributed by atoms with E-state index in [-0.39, 0.29) is 0 Å². The number of hydrogen-bond acceptors (Lipinski definition) is 4. The lowest BCUT2D eigenvalue weighted by Crippen LogP contribution is -1.93. The topological polar surface area (TPSA) is 82.6 Å². The molecule has 0 aliphatic rings. The van der Waals surface area contributed by atoms with Crippen molar-refractivity contribution in [3.8, 4) is 39.3 Å². The van der Waals surface area contributed by atoms with Crippen molar-refractivity contribution in [3.63, 3.8) is 0 Å². The minimum atomic E-state index is 0.869. The van der Waals surface area contributed by atoms with Gasteiger partial charge in [0.05, 0.1) is 61.5 Å². The van der Waals surface area contributed by atoms with E-state index in [0.717, 1.165) is 87.4 Å². The molecule has 83 heavy (non-hydrogen) atoms. The maximum atomic E-state index is 6.34. The zero-order valence-corrected chi connectivity index (χ0v) is 46.1. The monoisotopic (exact) mass is 1130 g/mol. The van der Waals surface area contributed by atoms with Gasteiger partial charge in [0, 0.05) is 53.6 Å². The fourth-order valence-corrected chi connectivity index (χ4v) is 12.8. The second-order valence-corrected chi connectivity index (χ2v) is 21.6. The molecule has 0 fully saturated rings. The Morgan fingerprint density at radius 2 is 0.807 bits per heavy atom. The third-order valence-corrected chi connectivity index (χ3v) is 16.7. The number of para-hydroxylation sites is 8. The molecule has 392 valence electrons. The number of aromatic nitrogens is 6. The molecule has 0 unspecified atom stereocenters. The first kappa shape index (κ1) is 48.2. The van der Waals surface area contributed by atoms with Crippen molar-refractivity contribution in [2.75, 3.05) is 0 Å². The highest BCUT2D eigenvalue weighted by molar-refractivity contribution is 9.10. The fraction of sp³-hybridized carbons (Fsp3) is 0. The van der Waals surface area contributed by atoms with Crippen LogP contribution in [-0.4, -0.2) is 28.7 Å². The molecule has 0 bridgehead atoms. The molecule has 0 atom stereocenters. The highest BCUT2D eigenvalue weighted by atomic mass is 79.9. The van der Waals surface area contributed by atoms with Crippen molar-refractivity contribution < 1.29 is 8.83 Å². The van der Waals surface area contributed by atoms with E-state index < -0.39 is 0 Å². The Morgan fingerprint density at radius 1 is 0.337 bits per heavy atom. The van der Waals surface area contributed by atoms with E-state index in [4.69, 9.17) is 8.83 Å². The molecule has 9 heteroatoms. The highest BCUT2D eigenvalue weighted by Crippen LogP contribution is 2.41. The lowest BCUT2D eigenvalue weighted by molar-refractivity contribution is 0.668. The van der Waals surface area contributed by atoms with Crippen LogP contribution < -0.4 is 0 Å². The Labute approximate surface area is 483 Å². The zero-order chi connectivity index (χ0) is 55.0. The molecule has 6 aromatic heterocycles. The van der Waals surface area contributed by atoms with Crippen LogP contribution in [0, 0.1) is 0 Å². The summed E-state index contributed by atoms with van der Waals surface area (Å²) in [5.74, 6) is 0. The summed E-state index contributed by atoms with van der Waals surface area (Å²) in [6.07, 6.45) is 3.60. The number of rotatable bonds is 5. The predicted molar refractivity (Wildman–Crippen MR) is 345 cm³/mol. The summed E-state index contributed by atoms with van der Waals surface area (Å²) in [4.78, 5) is 11.7. The fourth-order valence-electron chi connectivity index (χ4n) is 12.2. The molecule has 8 nitrogen and oxygen atoms in total. The smallest absolute Gasteiger partial charge is 0.137 e. The van der Waals surface area contributed by atoms with Gasteiger partial charge in [0.2, 0.25) is 0 Å². The van der Waals surface area contributed by atoms with Gasteiger partial charge in [0.25, 0.3) is 0 Å². The average Bonchev–Trinajstić information content (AvgIpc) is 3.06. The number of benzene rings is 12. The van der Waals surface area contributed by atoms with E-state index in [1.807, 2.05) is 67.0 Å². The first-order valence-electron chi connectivity index (χ1n) is 27.6. The molecule has 0 amide bonds. The van der Waals surface area contributed by atoms with Crippen LogP contribution in [0.1, 0.15) is 0 Å². The minimum absolute atomic E-state index is 0.869. The first-order chi connectivity index (χ1) is 41.1. The SMILES string of the molecule is Brc1cccc2oc3ccc(-c4ccc5c(c4)c4ccccc4n5-c4ccccc4)cc3c12.c1ccc(-n2c3ccccc3c3cc(-c4ccc5oc6cccc(-n7cnc8ccccc87)c6c5c4)ccc32)cc1.c1ccc2[nH]cnc2c1. The number of nitrogens with one attached hydrogen (secondary N) is 1. The van der Waals surface area contributed by atoms with Crippen molar-refractivity contribution in [2.45, 2.75) is 0 Å². The second kappa shape index (κ2) is 19.8. The second-order valence-electron chi connectivity index (χ2n) is 20.8. The Bertz CT molecular complexity index is 5460. The molecule has 18 rings (SSSR count). The average molecular weight is 1130 g/mol. The quantitative estimate of drug-likeness (QED) is 0.186. The number of fused-ring (bicyclic) bond motifs is 14. The number of furan rings is 2. The van der Waals surface area contributed by atoms with Crippen LogP contribution in [-0.2, 0) is 0 Å². The van der Waals surface area contributed by atoms with E-state index in [0.29, 0.717) is 0 Å². The first-order valence-corrected chi connectivity index (χ1v) is 28.4. The van der Waals surface area contributed by atoms with Crippen LogP contribution >= 0.6 is 15.9 Å². The van der Waals surface area contributed by atoms with Gasteiger partial charge in [-0.3, -0.25) is 4.57 Å². The van der Waals surface area contributed by atoms with Gasteiger partial charge in [-0.2, -0.15) is 0 Å². The number of aromatic amines is 1. The van der Waals surface area contributed by atoms with Crippen LogP contribution in [0.2, 0.25) is 0 Å². The predicted octanol–water partition coefficient (Wildman–Crippen LogP) is 20.4. The third-order valence-electron chi connectivity index (χ3n) is 16.0. The largest absolute Gasteiger partial charge is 0.456 e. The van der Waals surface area contributed by atoms with Crippen molar-refractivity contribution in [2.24, 2.45) is 0 Å². The summed E-state index contributed by atoms with van der Waals surface area (Å²) in [5, 5.41) is 9.44. The third kappa shape index (κ3) is 8.19. The van der Waals surface area contributed by atoms with Gasteiger partial charge in [-0.15, -0.1) is 0 Å². The van der Waals surface area contributed by atoms with Gasteiger partial charge < -0.3 is 23.0 Å². The molecule has 6 heterocycles. The van der Waals surface area contributed by atoms with E-state index >= 15 is 0 Å². The Kier molecular flexibility index (Phi) is 11.5. The van der Waals surface area contributed by atoms with Gasteiger partial charge in [-0.25, -0.2) is 9.97 Å². The molecule has 0 saturated heterocycles. The van der Waals surface area contributed by atoms with Crippen LogP contribution in [0.15, 0.2) is 293 Å². The maximum absolute atomic E-state index is 6.34. The molecule has 0 aliphatic heterocycles. The van der Waals surface area contributed by atoms with Gasteiger partial charge >= 0.3 is 0 Å². The molecule has 0 saturated carbocycles. The Hall–Kier alpha value is -10.7. The summed E-state index contributed by atoms with van der Waals surface area (Å²) in [5.41, 5.74) is 20.7. The number of imidazole rings is 2. The number of nitrogens with zero attached hydrogens (tertiary/aromatic N) is 5. The number of halogens is 1. The lowest BCUT2D eigenvalue weighted by atomic mass is 10.00. The lowest BCUT2D eigenvalue weighted by Gasteiger charge is -2.08. The summed E-state index contributed by atoms with van der Waals surface area (Å²) in [6.45, 7) is 0. The van der Waals surface area contributed by atoms with E-state index in [1.54, 1.807) is 6.33 Å². The molecular weight excluding hydrogens is 1080 g/mol. The molecule has 0 radical (unpaired) electrons. The van der Waals surface area contributed by atoms with Gasteiger partial charge in [-0.05, 0) is 156 Å². The van der Waals surface area contributed by atoms with Crippen LogP contribution in [0.3, 0.4) is 0 Å². The molecule has 18 aromatic rings. The molecule has 0 spiro atoms. The number of hydrogen-bond donors (Lipinski definition) is 1. The molecule has 12 aromatic carbocycles. The van der Waals surface area contributed by atoms with Crippen molar-refractivity contribution in [1.29, 1.82) is 0 Å². The number of H-pyrrole nitrogens is 1. The summed E-state index contributed by atoms with van der Waals surface area (Å²) in [7, 11) is 0. The minimum Gasteiger partial charge on any atom is -0.456 e. The van der Waals surface area contributed by atoms with E-state index in [1.165, 1.54) is 66.0 Å². The molecule has 1 N–H and O–H groups in total. The van der Waals surface area contributed by atoms with Crippen molar-refractivity contribution >= 4 is 125 Å². The van der Waals surface area contributed by atoms with Crippen LogP contribution in [0.4, 0.5) is 0 Å². The Morgan fingerprint density at radius 3 is 1.41 bits per heavy atom. The highest BCUT2D eigenvalue weighted by Gasteiger charge is 2.19. The normalized spacial score (nSPS) is 11.7.